The van der Waals surface area contributed by atoms with Crippen molar-refractivity contribution in [1.82, 2.24) is 20.1 Å². The van der Waals surface area contributed by atoms with Crippen molar-refractivity contribution in [3.63, 3.8) is 0 Å². The summed E-state index contributed by atoms with van der Waals surface area (Å²) in [5, 5.41) is 12.2. The molecule has 3 aromatic rings. The van der Waals surface area contributed by atoms with Gasteiger partial charge >= 0.3 is 0 Å². The molecule has 1 N–H and O–H groups in total. The number of rotatable bonds is 8. The van der Waals surface area contributed by atoms with Gasteiger partial charge in [0.05, 0.1) is 31.4 Å². The molecular weight excluding hydrogens is 340 g/mol. The lowest BCUT2D eigenvalue weighted by Crippen LogP contribution is -2.24. The second-order valence-electron chi connectivity index (χ2n) is 5.93. The quantitative estimate of drug-likeness (QED) is 0.623. The van der Waals surface area contributed by atoms with Gasteiger partial charge in [0, 0.05) is 5.92 Å². The Morgan fingerprint density at radius 1 is 1.20 bits per heavy atom. The smallest absolute Gasteiger partial charge is 0.230 e. The molecule has 1 saturated carbocycles. The van der Waals surface area contributed by atoms with Crippen LogP contribution in [0.5, 0.6) is 0 Å². The minimum Gasteiger partial charge on any atom is -0.467 e. The van der Waals surface area contributed by atoms with Crippen LogP contribution in [0.4, 0.5) is 0 Å². The van der Waals surface area contributed by atoms with Crippen molar-refractivity contribution in [1.29, 1.82) is 0 Å². The highest BCUT2D eigenvalue weighted by atomic mass is 32.2. The highest BCUT2D eigenvalue weighted by Crippen LogP contribution is 2.40. The fourth-order valence-corrected chi connectivity index (χ4v) is 3.31. The van der Waals surface area contributed by atoms with E-state index in [9.17, 15) is 4.79 Å². The molecule has 25 heavy (non-hydrogen) atoms. The molecule has 1 fully saturated rings. The van der Waals surface area contributed by atoms with Gasteiger partial charge < -0.3 is 14.2 Å². The predicted octanol–water partition coefficient (Wildman–Crippen LogP) is 2.80. The normalized spacial score (nSPS) is 13.9. The van der Waals surface area contributed by atoms with E-state index in [0.29, 0.717) is 19.0 Å². The lowest BCUT2D eigenvalue weighted by molar-refractivity contribution is -0.118. The van der Waals surface area contributed by atoms with Crippen molar-refractivity contribution in [2.24, 2.45) is 0 Å². The summed E-state index contributed by atoms with van der Waals surface area (Å²) >= 11 is 1.39. The van der Waals surface area contributed by atoms with Crippen LogP contribution in [0.15, 0.2) is 50.8 Å². The molecule has 4 rings (SSSR count). The summed E-state index contributed by atoms with van der Waals surface area (Å²) in [6, 6.07) is 7.43. The molecule has 0 atom stereocenters. The number of hydrogen-bond acceptors (Lipinski definition) is 6. The second kappa shape index (κ2) is 7.18. The van der Waals surface area contributed by atoms with Crippen LogP contribution in [0.1, 0.15) is 36.1 Å². The molecule has 0 bridgehead atoms. The molecule has 0 unspecified atom stereocenters. The van der Waals surface area contributed by atoms with Crippen LogP contribution in [0.2, 0.25) is 0 Å². The molecule has 8 heteroatoms. The zero-order chi connectivity index (χ0) is 17.1. The van der Waals surface area contributed by atoms with Gasteiger partial charge in [0.15, 0.2) is 5.16 Å². The van der Waals surface area contributed by atoms with E-state index in [1.165, 1.54) is 11.8 Å². The lowest BCUT2D eigenvalue weighted by Gasteiger charge is -2.08. The van der Waals surface area contributed by atoms with Gasteiger partial charge in [0.2, 0.25) is 5.91 Å². The van der Waals surface area contributed by atoms with Gasteiger partial charge in [0.25, 0.3) is 0 Å². The Bertz CT molecular complexity index is 822. The maximum absolute atomic E-state index is 12.0. The van der Waals surface area contributed by atoms with E-state index in [-0.39, 0.29) is 11.7 Å². The number of furan rings is 2. The molecule has 0 spiro atoms. The van der Waals surface area contributed by atoms with Gasteiger partial charge in [-0.05, 0) is 37.1 Å². The van der Waals surface area contributed by atoms with Crippen molar-refractivity contribution < 1.29 is 13.6 Å². The van der Waals surface area contributed by atoms with Crippen LogP contribution in [0, 0.1) is 0 Å². The average Bonchev–Trinajstić information content (AvgIpc) is 3.05. The SMILES string of the molecule is O=C(CSc1nnc(C2CC2)n1Cc1ccco1)NCc1ccco1. The first-order chi connectivity index (χ1) is 12.3. The van der Waals surface area contributed by atoms with E-state index in [2.05, 4.69) is 20.1 Å². The number of carbonyl (C=O) groups excluding carboxylic acids is 1. The first-order valence-corrected chi connectivity index (χ1v) is 9.15. The zero-order valence-electron chi connectivity index (χ0n) is 13.6. The summed E-state index contributed by atoms with van der Waals surface area (Å²) in [5.74, 6) is 3.25. The number of amides is 1. The number of nitrogens with zero attached hydrogens (tertiary/aromatic N) is 3. The molecule has 0 aliphatic heterocycles. The fraction of sp³-hybridized carbons (Fsp3) is 0.353. The van der Waals surface area contributed by atoms with Crippen LogP contribution in [-0.2, 0) is 17.9 Å². The topological polar surface area (TPSA) is 86.1 Å². The van der Waals surface area contributed by atoms with E-state index in [1.807, 2.05) is 18.2 Å². The van der Waals surface area contributed by atoms with Crippen molar-refractivity contribution in [3.05, 3.63) is 54.1 Å². The van der Waals surface area contributed by atoms with E-state index in [1.54, 1.807) is 18.6 Å². The molecular formula is C17H18N4O3S. The number of carbonyl (C=O) groups is 1. The van der Waals surface area contributed by atoms with Crippen LogP contribution in [0.25, 0.3) is 0 Å². The monoisotopic (exact) mass is 358 g/mol. The highest BCUT2D eigenvalue weighted by molar-refractivity contribution is 7.99. The average molecular weight is 358 g/mol. The third-order valence-electron chi connectivity index (χ3n) is 3.95. The summed E-state index contributed by atoms with van der Waals surface area (Å²) in [6.07, 6.45) is 5.54. The molecule has 0 radical (unpaired) electrons. The molecule has 3 heterocycles. The summed E-state index contributed by atoms with van der Waals surface area (Å²) in [4.78, 5) is 12.0. The third kappa shape index (κ3) is 3.96. The van der Waals surface area contributed by atoms with Crippen LogP contribution in [-0.4, -0.2) is 26.4 Å². The van der Waals surface area contributed by atoms with Gasteiger partial charge in [-0.3, -0.25) is 9.36 Å². The highest BCUT2D eigenvalue weighted by Gasteiger charge is 2.30. The van der Waals surface area contributed by atoms with Gasteiger partial charge in [-0.25, -0.2) is 0 Å². The summed E-state index contributed by atoms with van der Waals surface area (Å²) in [6.45, 7) is 0.973. The Morgan fingerprint density at radius 2 is 1.96 bits per heavy atom. The largest absolute Gasteiger partial charge is 0.467 e. The van der Waals surface area contributed by atoms with Crippen LogP contribution >= 0.6 is 11.8 Å². The first-order valence-electron chi connectivity index (χ1n) is 8.17. The Labute approximate surface area is 148 Å². The Morgan fingerprint density at radius 3 is 2.64 bits per heavy atom. The van der Waals surface area contributed by atoms with Crippen molar-refractivity contribution >= 4 is 17.7 Å². The minimum absolute atomic E-state index is 0.0677. The van der Waals surface area contributed by atoms with E-state index in [0.717, 1.165) is 35.3 Å². The molecule has 1 aliphatic carbocycles. The molecule has 130 valence electrons. The molecule has 0 saturated heterocycles. The van der Waals surface area contributed by atoms with Gasteiger partial charge in [-0.1, -0.05) is 11.8 Å². The van der Waals surface area contributed by atoms with E-state index < -0.39 is 0 Å². The van der Waals surface area contributed by atoms with Gasteiger partial charge in [-0.2, -0.15) is 0 Å². The standard InChI is InChI=1S/C17H18N4O3S/c22-15(18-9-13-3-1-7-23-13)11-25-17-20-19-16(12-5-6-12)21(17)10-14-4-2-8-24-14/h1-4,7-8,12H,5-6,9-11H2,(H,18,22). The molecule has 1 aliphatic rings. The Kier molecular flexibility index (Phi) is 4.60. The van der Waals surface area contributed by atoms with E-state index in [4.69, 9.17) is 8.83 Å². The fourth-order valence-electron chi connectivity index (χ4n) is 2.54. The van der Waals surface area contributed by atoms with Crippen LogP contribution in [0.3, 0.4) is 0 Å². The van der Waals surface area contributed by atoms with E-state index >= 15 is 0 Å². The number of nitrogens with one attached hydrogen (secondary N) is 1. The van der Waals surface area contributed by atoms with Gasteiger partial charge in [0.1, 0.15) is 17.3 Å². The number of aromatic nitrogens is 3. The maximum Gasteiger partial charge on any atom is 0.230 e. The predicted molar refractivity (Wildman–Crippen MR) is 91.1 cm³/mol. The van der Waals surface area contributed by atoms with Crippen molar-refractivity contribution in [3.8, 4) is 0 Å². The third-order valence-corrected chi connectivity index (χ3v) is 4.92. The first kappa shape index (κ1) is 16.0. The summed E-state index contributed by atoms with van der Waals surface area (Å²) in [5.41, 5.74) is 0. The molecule has 1 amide bonds. The summed E-state index contributed by atoms with van der Waals surface area (Å²) in [7, 11) is 0. The second-order valence-corrected chi connectivity index (χ2v) is 6.87. The van der Waals surface area contributed by atoms with Crippen molar-refractivity contribution in [2.45, 2.75) is 37.0 Å². The minimum atomic E-state index is -0.0677. The van der Waals surface area contributed by atoms with Crippen LogP contribution < -0.4 is 5.32 Å². The zero-order valence-corrected chi connectivity index (χ0v) is 14.4. The molecule has 7 nitrogen and oxygen atoms in total. The molecule has 0 aromatic carbocycles. The number of hydrogen-bond donors (Lipinski definition) is 1. The molecule has 3 aromatic heterocycles. The van der Waals surface area contributed by atoms with Crippen molar-refractivity contribution in [2.75, 3.05) is 5.75 Å². The lowest BCUT2D eigenvalue weighted by atomic mass is 10.3. The maximum atomic E-state index is 12.0. The number of thioether (sulfide) groups is 1. The Balaban J connectivity index is 1.38. The summed E-state index contributed by atoms with van der Waals surface area (Å²) < 4.78 is 12.7. The Hall–Kier alpha value is -2.48. The van der Waals surface area contributed by atoms with Gasteiger partial charge in [-0.15, -0.1) is 10.2 Å².